The molecule has 0 bridgehead atoms. The fourth-order valence-corrected chi connectivity index (χ4v) is 4.60. The molecule has 0 aliphatic rings. The van der Waals surface area contributed by atoms with Crippen LogP contribution in [-0.2, 0) is 5.41 Å². The van der Waals surface area contributed by atoms with E-state index in [9.17, 15) is 9.59 Å². The molecule has 0 fully saturated rings. The van der Waals surface area contributed by atoms with Crippen LogP contribution in [0.4, 0.5) is 0 Å². The molecule has 8 N–H and O–H groups in total. The number of amides is 2. The quantitative estimate of drug-likeness (QED) is 0.173. The first-order valence-electron chi connectivity index (χ1n) is 12.4. The molecule has 0 saturated heterocycles. The number of benzene rings is 2. The van der Waals surface area contributed by atoms with Crippen LogP contribution >= 0.6 is 24.8 Å². The second kappa shape index (κ2) is 14.0. The van der Waals surface area contributed by atoms with E-state index in [4.69, 9.17) is 11.5 Å². The van der Waals surface area contributed by atoms with Gasteiger partial charge in [-0.3, -0.25) is 9.59 Å². The van der Waals surface area contributed by atoms with E-state index in [1.54, 1.807) is 12.1 Å². The summed E-state index contributed by atoms with van der Waals surface area (Å²) in [5.74, 6) is -0.460. The lowest BCUT2D eigenvalue weighted by atomic mass is 9.69. The van der Waals surface area contributed by atoms with Crippen LogP contribution in [0.15, 0.2) is 72.8 Å². The van der Waals surface area contributed by atoms with Crippen molar-refractivity contribution in [3.8, 4) is 0 Å². The van der Waals surface area contributed by atoms with Crippen LogP contribution in [0.25, 0.3) is 0 Å². The average molecular weight is 572 g/mol. The van der Waals surface area contributed by atoms with Gasteiger partial charge in [-0.15, -0.1) is 24.8 Å². The molecule has 2 amide bonds. The molecule has 4 aromatic rings. The predicted octanol–water partition coefficient (Wildman–Crippen LogP) is 3.56. The number of hydrogen-bond donors (Lipinski definition) is 6. The van der Waals surface area contributed by atoms with Crippen molar-refractivity contribution in [2.45, 2.75) is 19.3 Å². The van der Waals surface area contributed by atoms with Gasteiger partial charge in [-0.1, -0.05) is 59.7 Å². The van der Waals surface area contributed by atoms with Crippen molar-refractivity contribution < 1.29 is 9.59 Å². The minimum absolute atomic E-state index is 0. The second-order valence-corrected chi connectivity index (χ2v) is 9.14. The third-order valence-corrected chi connectivity index (χ3v) is 6.50. The van der Waals surface area contributed by atoms with Crippen LogP contribution in [0.2, 0.25) is 0 Å². The monoisotopic (exact) mass is 570 g/mol. The number of aromatic amines is 2. The van der Waals surface area contributed by atoms with E-state index in [1.807, 2.05) is 26.0 Å². The summed E-state index contributed by atoms with van der Waals surface area (Å²) in [6.45, 7) is 5.56. The fourth-order valence-electron chi connectivity index (χ4n) is 4.60. The Kier molecular flexibility index (Phi) is 11.4. The maximum Gasteiger partial charge on any atom is 0.267 e. The van der Waals surface area contributed by atoms with Gasteiger partial charge < -0.3 is 32.1 Å². The maximum absolute atomic E-state index is 12.8. The number of carbonyl (C=O) groups is 2. The highest BCUT2D eigenvalue weighted by atomic mass is 35.5. The fraction of sp³-hybridized carbons (Fsp3) is 0.241. The highest BCUT2D eigenvalue weighted by molar-refractivity contribution is 5.93. The van der Waals surface area contributed by atoms with E-state index in [1.165, 1.54) is 0 Å². The van der Waals surface area contributed by atoms with Crippen molar-refractivity contribution in [1.82, 2.24) is 20.6 Å². The molecule has 2 aromatic heterocycles. The highest BCUT2D eigenvalue weighted by Gasteiger charge is 2.41. The van der Waals surface area contributed by atoms with Crippen LogP contribution in [0.5, 0.6) is 0 Å². The number of aryl methyl sites for hydroxylation is 2. The lowest BCUT2D eigenvalue weighted by Crippen LogP contribution is -2.33. The van der Waals surface area contributed by atoms with E-state index in [0.717, 1.165) is 33.6 Å². The Morgan fingerprint density at radius 1 is 0.641 bits per heavy atom. The molecule has 0 aliphatic carbocycles. The van der Waals surface area contributed by atoms with Gasteiger partial charge in [0, 0.05) is 37.6 Å². The third-order valence-electron chi connectivity index (χ3n) is 6.50. The zero-order valence-electron chi connectivity index (χ0n) is 22.0. The Balaban J connectivity index is 0.00000267. The van der Waals surface area contributed by atoms with Crippen molar-refractivity contribution in [2.24, 2.45) is 11.5 Å². The Labute approximate surface area is 241 Å². The summed E-state index contributed by atoms with van der Waals surface area (Å²) in [7, 11) is 0. The van der Waals surface area contributed by atoms with E-state index < -0.39 is 5.41 Å². The van der Waals surface area contributed by atoms with E-state index in [-0.39, 0.29) is 36.6 Å². The predicted molar refractivity (Wildman–Crippen MR) is 160 cm³/mol. The molecular weight excluding hydrogens is 535 g/mol. The van der Waals surface area contributed by atoms with Gasteiger partial charge in [0.1, 0.15) is 16.8 Å². The van der Waals surface area contributed by atoms with E-state index in [2.05, 4.69) is 69.1 Å². The third kappa shape index (κ3) is 6.54. The molecule has 0 atom stereocenters. The smallest absolute Gasteiger partial charge is 0.267 e. The molecule has 39 heavy (non-hydrogen) atoms. The summed E-state index contributed by atoms with van der Waals surface area (Å²) in [4.78, 5) is 32.3. The van der Waals surface area contributed by atoms with Crippen LogP contribution in [-0.4, -0.2) is 48.0 Å². The Morgan fingerprint density at radius 2 is 1.00 bits per heavy atom. The summed E-state index contributed by atoms with van der Waals surface area (Å²) < 4.78 is 0. The first kappa shape index (κ1) is 31.7. The minimum atomic E-state index is -0.861. The zero-order chi connectivity index (χ0) is 26.4. The summed E-state index contributed by atoms with van der Waals surface area (Å²) in [6, 6.07) is 24.0. The van der Waals surface area contributed by atoms with Gasteiger partial charge in [0.25, 0.3) is 11.8 Å². The number of carbonyl (C=O) groups excluding carboxylic acids is 2. The Bertz CT molecular complexity index is 1260. The largest absolute Gasteiger partial charge is 0.353 e. The van der Waals surface area contributed by atoms with Crippen molar-refractivity contribution >= 4 is 36.6 Å². The molecular formula is C29H36Cl2N6O2. The molecule has 10 heteroatoms. The summed E-state index contributed by atoms with van der Waals surface area (Å²) in [5.41, 5.74) is 16.9. The van der Waals surface area contributed by atoms with Crippen LogP contribution < -0.4 is 22.1 Å². The maximum atomic E-state index is 12.8. The van der Waals surface area contributed by atoms with Gasteiger partial charge in [-0.2, -0.15) is 0 Å². The summed E-state index contributed by atoms with van der Waals surface area (Å²) in [5, 5.41) is 5.64. The first-order chi connectivity index (χ1) is 17.9. The minimum Gasteiger partial charge on any atom is -0.353 e. The topological polar surface area (TPSA) is 142 Å². The molecule has 0 unspecified atom stereocenters. The number of nitrogens with one attached hydrogen (secondary N) is 4. The van der Waals surface area contributed by atoms with Gasteiger partial charge in [0.05, 0.1) is 0 Å². The van der Waals surface area contributed by atoms with Crippen LogP contribution in [0.1, 0.15) is 54.6 Å². The Hall–Kier alpha value is -3.56. The molecule has 2 aromatic carbocycles. The SMILES string of the molecule is Cc1ccc(C(c2ccc(C)cc2)(c2ccc(C(=O)NCCN)[nH]2)c2ccc(C(=O)NCCN)[nH]2)cc1.Cl.Cl. The van der Waals surface area contributed by atoms with Crippen molar-refractivity contribution in [1.29, 1.82) is 0 Å². The molecule has 4 rings (SSSR count). The number of nitrogens with two attached hydrogens (primary N) is 2. The number of aromatic nitrogens is 2. The average Bonchev–Trinajstić information content (AvgIpc) is 3.60. The van der Waals surface area contributed by atoms with Gasteiger partial charge in [-0.25, -0.2) is 0 Å². The van der Waals surface area contributed by atoms with Crippen LogP contribution in [0, 0.1) is 13.8 Å². The highest BCUT2D eigenvalue weighted by Crippen LogP contribution is 2.44. The summed E-state index contributed by atoms with van der Waals surface area (Å²) >= 11 is 0. The van der Waals surface area contributed by atoms with Crippen LogP contribution in [0.3, 0.4) is 0 Å². The molecule has 0 radical (unpaired) electrons. The van der Waals surface area contributed by atoms with Gasteiger partial charge >= 0.3 is 0 Å². The van der Waals surface area contributed by atoms with Crippen molar-refractivity contribution in [3.05, 3.63) is 118 Å². The molecule has 0 spiro atoms. The lowest BCUT2D eigenvalue weighted by molar-refractivity contribution is 0.0942. The molecule has 0 saturated carbocycles. The van der Waals surface area contributed by atoms with Crippen molar-refractivity contribution in [2.75, 3.05) is 26.2 Å². The number of rotatable bonds is 10. The van der Waals surface area contributed by atoms with E-state index in [0.29, 0.717) is 37.6 Å². The van der Waals surface area contributed by atoms with Gasteiger partial charge in [0.2, 0.25) is 0 Å². The molecule has 208 valence electrons. The standard InChI is InChI=1S/C29H34N6O2.2ClH/c1-19-3-7-21(8-4-19)29(22-9-5-20(2)6-10-22,25-13-11-23(34-25)27(36)32-17-15-30)26-14-12-24(35-26)28(37)33-18-16-31;;/h3-14,34-35H,15-18,30-31H2,1-2H3,(H,32,36)(H,33,37);2*1H. The van der Waals surface area contributed by atoms with Gasteiger partial charge in [0.15, 0.2) is 0 Å². The van der Waals surface area contributed by atoms with E-state index >= 15 is 0 Å². The zero-order valence-corrected chi connectivity index (χ0v) is 23.7. The number of H-pyrrole nitrogens is 2. The molecule has 0 aliphatic heterocycles. The summed E-state index contributed by atoms with van der Waals surface area (Å²) in [6.07, 6.45) is 0. The lowest BCUT2D eigenvalue weighted by Gasteiger charge is -2.34. The van der Waals surface area contributed by atoms with Crippen molar-refractivity contribution in [3.63, 3.8) is 0 Å². The van der Waals surface area contributed by atoms with Gasteiger partial charge in [-0.05, 0) is 49.2 Å². The number of halogens is 2. The molecule has 2 heterocycles. The molecule has 8 nitrogen and oxygen atoms in total. The first-order valence-corrected chi connectivity index (χ1v) is 12.4. The number of hydrogen-bond acceptors (Lipinski definition) is 4. The normalized spacial score (nSPS) is 10.8. The second-order valence-electron chi connectivity index (χ2n) is 9.14. The Morgan fingerprint density at radius 3 is 1.33 bits per heavy atom.